The number of hydrogen-bond acceptors (Lipinski definition) is 4. The van der Waals surface area contributed by atoms with Crippen LogP contribution < -0.4 is 5.32 Å². The second kappa shape index (κ2) is 5.61. The Morgan fingerprint density at radius 3 is 2.58 bits per heavy atom. The zero-order valence-electron chi connectivity index (χ0n) is 12.7. The summed E-state index contributed by atoms with van der Waals surface area (Å²) < 4.78 is 3.49. The molecule has 0 radical (unpaired) electrons. The summed E-state index contributed by atoms with van der Waals surface area (Å²) in [7, 11) is 0. The fraction of sp³-hybridized carbons (Fsp3) is 0.125. The van der Waals surface area contributed by atoms with Crippen molar-refractivity contribution in [2.75, 3.05) is 0 Å². The van der Waals surface area contributed by atoms with Gasteiger partial charge < -0.3 is 5.32 Å². The number of amides is 1. The zero-order valence-corrected chi connectivity index (χ0v) is 13.5. The Balaban J connectivity index is 1.67. The van der Waals surface area contributed by atoms with Gasteiger partial charge in [0.2, 0.25) is 0 Å². The number of aromatic nitrogens is 5. The largest absolute Gasteiger partial charge is 0.341 e. The van der Waals surface area contributed by atoms with E-state index in [1.54, 1.807) is 16.7 Å². The number of imidazole rings is 1. The highest BCUT2D eigenvalue weighted by atomic mass is 35.5. The number of fused-ring (bicyclic) bond motifs is 2. The summed E-state index contributed by atoms with van der Waals surface area (Å²) in [5.41, 5.74) is 1.64. The van der Waals surface area contributed by atoms with Gasteiger partial charge >= 0.3 is 0 Å². The molecule has 0 aliphatic rings. The lowest BCUT2D eigenvalue weighted by Gasteiger charge is -2.12. The average molecular weight is 341 g/mol. The maximum absolute atomic E-state index is 12.7. The monoisotopic (exact) mass is 340 g/mol. The zero-order chi connectivity index (χ0) is 16.7. The summed E-state index contributed by atoms with van der Waals surface area (Å²) in [6.45, 7) is 1.85. The van der Waals surface area contributed by atoms with E-state index in [0.29, 0.717) is 17.2 Å². The Morgan fingerprint density at radius 1 is 1.08 bits per heavy atom. The predicted molar refractivity (Wildman–Crippen MR) is 89.1 cm³/mol. The molecule has 4 aromatic rings. The van der Waals surface area contributed by atoms with E-state index in [4.69, 9.17) is 11.6 Å². The van der Waals surface area contributed by atoms with E-state index in [0.717, 1.165) is 5.65 Å². The first kappa shape index (κ1) is 14.6. The molecular weight excluding hydrogens is 328 g/mol. The van der Waals surface area contributed by atoms with Gasteiger partial charge in [0.25, 0.3) is 5.91 Å². The van der Waals surface area contributed by atoms with Crippen molar-refractivity contribution in [2.45, 2.75) is 13.0 Å². The summed E-state index contributed by atoms with van der Waals surface area (Å²) >= 11 is 6.14. The second-order valence-corrected chi connectivity index (χ2v) is 5.72. The SMILES string of the molecule is CC(NC(=O)c1c(Cl)nc2ccccn12)c1nnc2ccccn12. The van der Waals surface area contributed by atoms with E-state index in [2.05, 4.69) is 20.5 Å². The Bertz CT molecular complexity index is 1050. The standard InChI is InChI=1S/C16H13ClN6O/c1-10(15-21-20-12-7-3-5-9-23(12)15)18-16(24)13-14(17)19-11-6-2-4-8-22(11)13/h2-10H,1H3,(H,18,24). The summed E-state index contributed by atoms with van der Waals surface area (Å²) in [6, 6.07) is 10.7. The number of pyridine rings is 2. The van der Waals surface area contributed by atoms with Crippen LogP contribution in [-0.2, 0) is 0 Å². The molecule has 0 fully saturated rings. The van der Waals surface area contributed by atoms with E-state index in [9.17, 15) is 4.79 Å². The highest BCUT2D eigenvalue weighted by Crippen LogP contribution is 2.19. The van der Waals surface area contributed by atoms with Crippen molar-refractivity contribution < 1.29 is 4.79 Å². The van der Waals surface area contributed by atoms with E-state index in [-0.39, 0.29) is 17.1 Å². The van der Waals surface area contributed by atoms with Crippen LogP contribution in [0.1, 0.15) is 29.3 Å². The molecule has 24 heavy (non-hydrogen) atoms. The van der Waals surface area contributed by atoms with Crippen molar-refractivity contribution in [1.82, 2.24) is 29.3 Å². The van der Waals surface area contributed by atoms with Crippen LogP contribution in [0.15, 0.2) is 48.8 Å². The van der Waals surface area contributed by atoms with Crippen LogP contribution in [0.5, 0.6) is 0 Å². The first-order valence-corrected chi connectivity index (χ1v) is 7.76. The van der Waals surface area contributed by atoms with Crippen LogP contribution in [-0.4, -0.2) is 29.9 Å². The summed E-state index contributed by atoms with van der Waals surface area (Å²) in [6.07, 6.45) is 3.61. The Hall–Kier alpha value is -2.93. The van der Waals surface area contributed by atoms with Crippen molar-refractivity contribution in [3.63, 3.8) is 0 Å². The van der Waals surface area contributed by atoms with Crippen molar-refractivity contribution in [2.24, 2.45) is 0 Å². The van der Waals surface area contributed by atoms with Gasteiger partial charge in [-0.15, -0.1) is 10.2 Å². The van der Waals surface area contributed by atoms with Gasteiger partial charge in [0.1, 0.15) is 5.65 Å². The Kier molecular flexibility index (Phi) is 3.42. The molecule has 0 bridgehead atoms. The molecule has 120 valence electrons. The van der Waals surface area contributed by atoms with Crippen LogP contribution in [0.3, 0.4) is 0 Å². The van der Waals surface area contributed by atoms with Gasteiger partial charge in [0.05, 0.1) is 6.04 Å². The van der Waals surface area contributed by atoms with Crippen LogP contribution in [0.2, 0.25) is 5.15 Å². The van der Waals surface area contributed by atoms with Gasteiger partial charge in [-0.05, 0) is 31.2 Å². The minimum atomic E-state index is -0.347. The van der Waals surface area contributed by atoms with Gasteiger partial charge in [-0.3, -0.25) is 13.6 Å². The van der Waals surface area contributed by atoms with Crippen LogP contribution >= 0.6 is 11.6 Å². The molecule has 4 aromatic heterocycles. The summed E-state index contributed by atoms with van der Waals surface area (Å²) in [5, 5.41) is 11.3. The Morgan fingerprint density at radius 2 is 1.79 bits per heavy atom. The van der Waals surface area contributed by atoms with Crippen LogP contribution in [0.25, 0.3) is 11.3 Å². The number of carbonyl (C=O) groups excluding carboxylic acids is 1. The number of nitrogens with one attached hydrogen (secondary N) is 1. The molecule has 0 saturated heterocycles. The fourth-order valence-corrected chi connectivity index (χ4v) is 2.92. The quantitative estimate of drug-likeness (QED) is 0.621. The maximum atomic E-state index is 12.7. The highest BCUT2D eigenvalue weighted by Gasteiger charge is 2.22. The summed E-state index contributed by atoms with van der Waals surface area (Å²) in [4.78, 5) is 16.9. The lowest BCUT2D eigenvalue weighted by atomic mass is 10.3. The highest BCUT2D eigenvalue weighted by molar-refractivity contribution is 6.32. The molecule has 0 aliphatic heterocycles. The third kappa shape index (κ3) is 2.30. The summed E-state index contributed by atoms with van der Waals surface area (Å²) in [5.74, 6) is 0.322. The van der Waals surface area contributed by atoms with Crippen LogP contribution in [0, 0.1) is 0 Å². The predicted octanol–water partition coefficient (Wildman–Crippen LogP) is 2.52. The topological polar surface area (TPSA) is 76.6 Å². The van der Waals surface area contributed by atoms with Gasteiger partial charge in [-0.1, -0.05) is 23.7 Å². The van der Waals surface area contributed by atoms with Crippen molar-refractivity contribution >= 4 is 28.8 Å². The second-order valence-electron chi connectivity index (χ2n) is 5.36. The van der Waals surface area contributed by atoms with Crippen molar-refractivity contribution in [3.8, 4) is 0 Å². The Labute approximate surface area is 141 Å². The smallest absolute Gasteiger partial charge is 0.272 e. The van der Waals surface area contributed by atoms with E-state index < -0.39 is 0 Å². The van der Waals surface area contributed by atoms with E-state index in [1.807, 2.05) is 47.9 Å². The molecule has 4 rings (SSSR count). The minimum Gasteiger partial charge on any atom is -0.341 e. The normalized spacial score (nSPS) is 12.6. The van der Waals surface area contributed by atoms with E-state index >= 15 is 0 Å². The molecule has 0 saturated carbocycles. The molecule has 1 N–H and O–H groups in total. The molecular formula is C16H13ClN6O. The molecule has 1 unspecified atom stereocenters. The molecule has 1 amide bonds. The van der Waals surface area contributed by atoms with Crippen molar-refractivity contribution in [1.29, 1.82) is 0 Å². The number of rotatable bonds is 3. The number of halogens is 1. The molecule has 0 aliphatic carbocycles. The lowest BCUT2D eigenvalue weighted by Crippen LogP contribution is -2.29. The number of carbonyl (C=O) groups is 1. The molecule has 0 aromatic carbocycles. The van der Waals surface area contributed by atoms with Gasteiger partial charge in [-0.2, -0.15) is 0 Å². The fourth-order valence-electron chi connectivity index (χ4n) is 2.65. The van der Waals surface area contributed by atoms with Crippen molar-refractivity contribution in [3.05, 3.63) is 65.5 Å². The third-order valence-electron chi connectivity index (χ3n) is 3.78. The lowest BCUT2D eigenvalue weighted by molar-refractivity contribution is 0.0932. The molecule has 4 heterocycles. The number of hydrogen-bond donors (Lipinski definition) is 1. The van der Waals surface area contributed by atoms with Gasteiger partial charge in [-0.25, -0.2) is 4.98 Å². The number of nitrogens with zero attached hydrogens (tertiary/aromatic N) is 5. The molecule has 7 nitrogen and oxygen atoms in total. The van der Waals surface area contributed by atoms with Gasteiger partial charge in [0.15, 0.2) is 22.3 Å². The molecule has 1 atom stereocenters. The average Bonchev–Trinajstić information content (AvgIpc) is 3.14. The van der Waals surface area contributed by atoms with Gasteiger partial charge in [0, 0.05) is 12.4 Å². The van der Waals surface area contributed by atoms with Crippen LogP contribution in [0.4, 0.5) is 0 Å². The maximum Gasteiger partial charge on any atom is 0.272 e. The molecule has 0 spiro atoms. The minimum absolute atomic E-state index is 0.164. The molecule has 8 heteroatoms. The first-order valence-electron chi connectivity index (χ1n) is 7.38. The van der Waals surface area contributed by atoms with E-state index in [1.165, 1.54) is 0 Å². The third-order valence-corrected chi connectivity index (χ3v) is 4.04. The first-order chi connectivity index (χ1) is 11.6.